The first-order valence-corrected chi connectivity index (χ1v) is 5.11. The van der Waals surface area contributed by atoms with Crippen molar-refractivity contribution in [1.82, 2.24) is 5.43 Å². The summed E-state index contributed by atoms with van der Waals surface area (Å²) in [5.74, 6) is 0.189. The van der Waals surface area contributed by atoms with Gasteiger partial charge in [0, 0.05) is 12.1 Å². The van der Waals surface area contributed by atoms with E-state index in [4.69, 9.17) is 4.74 Å². The third-order valence-electron chi connectivity index (χ3n) is 2.25. The zero-order valence-electron chi connectivity index (χ0n) is 10.0. The zero-order chi connectivity index (χ0) is 12.8. The van der Waals surface area contributed by atoms with E-state index in [0.717, 1.165) is 0 Å². The van der Waals surface area contributed by atoms with Gasteiger partial charge in [0.25, 0.3) is 0 Å². The van der Waals surface area contributed by atoms with E-state index in [1.165, 1.54) is 7.11 Å². The Hall–Kier alpha value is -1.63. The molecule has 0 heterocycles. The number of hydrogen-bond acceptors (Lipinski definition) is 5. The lowest BCUT2D eigenvalue weighted by atomic mass is 10.3. The third-order valence-corrected chi connectivity index (χ3v) is 2.25. The molecule has 94 valence electrons. The van der Waals surface area contributed by atoms with Crippen molar-refractivity contribution in [2.45, 2.75) is 13.0 Å². The highest BCUT2D eigenvalue weighted by atomic mass is 16.5. The summed E-state index contributed by atoms with van der Waals surface area (Å²) in [4.78, 5) is 11.1. The molecular weight excluding hydrogens is 224 g/mol. The molecule has 2 atom stereocenters. The minimum absolute atomic E-state index is 0.328. The van der Waals surface area contributed by atoms with E-state index < -0.39 is 12.0 Å². The Morgan fingerprint density at radius 1 is 1.35 bits per heavy atom. The lowest BCUT2D eigenvalue weighted by molar-refractivity contribution is -0.830. The number of rotatable bonds is 5. The van der Waals surface area contributed by atoms with Gasteiger partial charge in [-0.05, 0) is 19.1 Å². The summed E-state index contributed by atoms with van der Waals surface area (Å²) in [6, 6.07) is 5.93. The first-order valence-electron chi connectivity index (χ1n) is 5.11. The van der Waals surface area contributed by atoms with Crippen LogP contribution in [0.1, 0.15) is 6.92 Å². The van der Waals surface area contributed by atoms with E-state index >= 15 is 0 Å². The summed E-state index contributed by atoms with van der Waals surface area (Å²) >= 11 is 0. The second-order valence-corrected chi connectivity index (χ2v) is 3.45. The molecule has 0 saturated heterocycles. The van der Waals surface area contributed by atoms with Crippen LogP contribution >= 0.6 is 0 Å². The monoisotopic (exact) mass is 240 g/mol. The quantitative estimate of drug-likeness (QED) is 0.549. The summed E-state index contributed by atoms with van der Waals surface area (Å²) < 4.78 is 9.49. The number of esters is 1. The second kappa shape index (κ2) is 6.19. The number of benzene rings is 1. The number of carbonyl (C=O) groups excluding carboxylic acids is 1. The van der Waals surface area contributed by atoms with Crippen LogP contribution in [-0.2, 0) is 9.53 Å². The van der Waals surface area contributed by atoms with Crippen LogP contribution in [0, 0.1) is 5.21 Å². The van der Waals surface area contributed by atoms with Crippen molar-refractivity contribution in [2.24, 2.45) is 0 Å². The summed E-state index contributed by atoms with van der Waals surface area (Å²) in [6.07, 6.45) is 0. The minimum Gasteiger partial charge on any atom is -0.608 e. The van der Waals surface area contributed by atoms with Crippen molar-refractivity contribution in [1.29, 1.82) is 0 Å². The predicted octanol–water partition coefficient (Wildman–Crippen LogP) is -0.224. The van der Waals surface area contributed by atoms with Gasteiger partial charge in [0.2, 0.25) is 0 Å². The molecule has 0 aliphatic carbocycles. The van der Waals surface area contributed by atoms with E-state index in [9.17, 15) is 10.0 Å². The van der Waals surface area contributed by atoms with Gasteiger partial charge < -0.3 is 14.7 Å². The standard InChI is InChI=1S/C11H16N2O4/c1-8(11(14)17-3)12-13(15)9-4-6-10(16-2)7-5-9/h4-8,12-13H,1-3H3/t8-/m0/s1. The topological polar surface area (TPSA) is 75.1 Å². The van der Waals surface area contributed by atoms with Crippen LogP contribution in [0.3, 0.4) is 0 Å². The molecule has 1 unspecified atom stereocenters. The maximum absolute atomic E-state index is 11.7. The molecule has 1 aromatic carbocycles. The molecule has 0 saturated carbocycles. The van der Waals surface area contributed by atoms with Gasteiger partial charge in [-0.3, -0.25) is 9.97 Å². The average Bonchev–Trinajstić information content (AvgIpc) is 2.37. The molecule has 6 nitrogen and oxygen atoms in total. The van der Waals surface area contributed by atoms with Gasteiger partial charge in [0.05, 0.1) is 14.2 Å². The molecule has 0 radical (unpaired) electrons. The third kappa shape index (κ3) is 3.70. The van der Waals surface area contributed by atoms with Crippen molar-refractivity contribution >= 4 is 11.7 Å². The van der Waals surface area contributed by atoms with E-state index in [-0.39, 0.29) is 5.17 Å². The lowest BCUT2D eigenvalue weighted by Gasteiger charge is -2.24. The zero-order valence-corrected chi connectivity index (χ0v) is 10.0. The number of quaternary nitrogens is 1. The molecule has 1 aromatic rings. The highest BCUT2D eigenvalue weighted by Crippen LogP contribution is 2.11. The molecule has 0 bridgehead atoms. The Labute approximate surface area is 99.7 Å². The van der Waals surface area contributed by atoms with Crippen molar-refractivity contribution in [3.05, 3.63) is 29.5 Å². The van der Waals surface area contributed by atoms with Crippen molar-refractivity contribution in [3.63, 3.8) is 0 Å². The van der Waals surface area contributed by atoms with Crippen LogP contribution in [0.15, 0.2) is 24.3 Å². The molecule has 0 spiro atoms. The Balaban J connectivity index is 2.62. The predicted molar refractivity (Wildman–Crippen MR) is 61.6 cm³/mol. The van der Waals surface area contributed by atoms with Crippen LogP contribution in [0.2, 0.25) is 0 Å². The SMILES string of the molecule is COC(=O)[C@H](C)N[NH+]([O-])c1ccc(OC)cc1. The van der Waals surface area contributed by atoms with Crippen molar-refractivity contribution < 1.29 is 19.4 Å². The van der Waals surface area contributed by atoms with Crippen LogP contribution in [-0.4, -0.2) is 26.2 Å². The van der Waals surface area contributed by atoms with Crippen LogP contribution in [0.4, 0.5) is 5.69 Å². The summed E-state index contributed by atoms with van der Waals surface area (Å²) in [7, 11) is 2.83. The van der Waals surface area contributed by atoms with E-state index in [1.807, 2.05) is 0 Å². The smallest absolute Gasteiger partial charge is 0.327 e. The van der Waals surface area contributed by atoms with Gasteiger partial charge in [-0.15, -0.1) is 5.43 Å². The van der Waals surface area contributed by atoms with E-state index in [2.05, 4.69) is 10.2 Å². The van der Waals surface area contributed by atoms with Gasteiger partial charge in [0.15, 0.2) is 11.7 Å². The largest absolute Gasteiger partial charge is 0.608 e. The maximum Gasteiger partial charge on any atom is 0.327 e. The number of nitrogens with one attached hydrogen (secondary N) is 2. The van der Waals surface area contributed by atoms with Gasteiger partial charge >= 0.3 is 5.97 Å². The molecular formula is C11H16N2O4. The fourth-order valence-electron chi connectivity index (χ4n) is 1.26. The normalized spacial score (nSPS) is 13.9. The molecule has 2 N–H and O–H groups in total. The first kappa shape index (κ1) is 13.4. The van der Waals surface area contributed by atoms with Gasteiger partial charge in [0.1, 0.15) is 5.75 Å². The maximum atomic E-state index is 11.7. The average molecular weight is 240 g/mol. The molecule has 0 aliphatic heterocycles. The first-order chi connectivity index (χ1) is 8.08. The highest BCUT2D eigenvalue weighted by molar-refractivity contribution is 5.74. The molecule has 1 rings (SSSR count). The van der Waals surface area contributed by atoms with Crippen LogP contribution < -0.4 is 15.3 Å². The molecule has 0 fully saturated rings. The summed E-state index contributed by atoms with van der Waals surface area (Å²) in [5, 5.41) is 11.4. The van der Waals surface area contributed by atoms with E-state index in [0.29, 0.717) is 11.4 Å². The van der Waals surface area contributed by atoms with Gasteiger partial charge in [-0.1, -0.05) is 0 Å². The minimum atomic E-state index is -0.672. The molecule has 0 aromatic heterocycles. The van der Waals surface area contributed by atoms with Crippen molar-refractivity contribution in [3.8, 4) is 5.75 Å². The fraction of sp³-hybridized carbons (Fsp3) is 0.364. The number of ether oxygens (including phenoxy) is 2. The Kier molecular flexibility index (Phi) is 4.89. The Morgan fingerprint density at radius 2 is 1.94 bits per heavy atom. The lowest BCUT2D eigenvalue weighted by Crippen LogP contribution is -3.11. The molecule has 0 aliphatic rings. The number of carbonyl (C=O) groups is 1. The molecule has 17 heavy (non-hydrogen) atoms. The highest BCUT2D eigenvalue weighted by Gasteiger charge is 2.16. The second-order valence-electron chi connectivity index (χ2n) is 3.45. The summed E-state index contributed by atoms with van der Waals surface area (Å²) in [5.41, 5.74) is 2.99. The van der Waals surface area contributed by atoms with Gasteiger partial charge in [-0.25, -0.2) is 0 Å². The molecule has 0 amide bonds. The Morgan fingerprint density at radius 3 is 2.41 bits per heavy atom. The number of methoxy groups -OCH3 is 2. The van der Waals surface area contributed by atoms with Crippen LogP contribution in [0.25, 0.3) is 0 Å². The Bertz CT molecular complexity index is 366. The summed E-state index contributed by atoms with van der Waals surface area (Å²) in [6.45, 7) is 1.56. The van der Waals surface area contributed by atoms with E-state index in [1.54, 1.807) is 38.3 Å². The van der Waals surface area contributed by atoms with Gasteiger partial charge in [-0.2, -0.15) is 0 Å². The van der Waals surface area contributed by atoms with Crippen LogP contribution in [0.5, 0.6) is 5.75 Å². The number of hydrogen-bond donors (Lipinski definition) is 2. The van der Waals surface area contributed by atoms with Crippen molar-refractivity contribution in [2.75, 3.05) is 14.2 Å². The molecule has 6 heteroatoms. The fourth-order valence-corrected chi connectivity index (χ4v) is 1.26.